The number of benzene rings is 1. The van der Waals surface area contributed by atoms with Crippen LogP contribution in [0.4, 0.5) is 0 Å². The van der Waals surface area contributed by atoms with Gasteiger partial charge in [-0.05, 0) is 43.9 Å². The Bertz CT molecular complexity index is 749. The van der Waals surface area contributed by atoms with Crippen LogP contribution in [0, 0.1) is 13.8 Å². The van der Waals surface area contributed by atoms with E-state index in [1.165, 1.54) is 10.6 Å². The van der Waals surface area contributed by atoms with Gasteiger partial charge in [0.2, 0.25) is 20.0 Å². The minimum Gasteiger partial charge on any atom is -0.213 e. The summed E-state index contributed by atoms with van der Waals surface area (Å²) in [6.07, 6.45) is 2.14. The highest BCUT2D eigenvalue weighted by molar-refractivity contribution is 7.89. The van der Waals surface area contributed by atoms with Crippen molar-refractivity contribution in [2.45, 2.75) is 37.6 Å². The van der Waals surface area contributed by atoms with Gasteiger partial charge in [0, 0.05) is 19.1 Å². The maximum Gasteiger partial charge on any atom is 0.241 e. The number of aryl methyl sites for hydroxylation is 2. The smallest absolute Gasteiger partial charge is 0.213 e. The van der Waals surface area contributed by atoms with E-state index in [-0.39, 0.29) is 10.9 Å². The summed E-state index contributed by atoms with van der Waals surface area (Å²) in [4.78, 5) is 0.290. The van der Waals surface area contributed by atoms with Crippen LogP contribution in [-0.2, 0) is 20.0 Å². The van der Waals surface area contributed by atoms with Crippen molar-refractivity contribution in [3.63, 3.8) is 0 Å². The lowest BCUT2D eigenvalue weighted by molar-refractivity contribution is 0.310. The third-order valence-electron chi connectivity index (χ3n) is 3.88. The van der Waals surface area contributed by atoms with Crippen molar-refractivity contribution >= 4 is 20.0 Å². The summed E-state index contributed by atoms with van der Waals surface area (Å²) in [5.74, 6) is 0. The number of hydrogen-bond acceptors (Lipinski definition) is 4. The summed E-state index contributed by atoms with van der Waals surface area (Å²) in [6.45, 7) is 4.31. The predicted molar refractivity (Wildman–Crippen MR) is 85.7 cm³/mol. The number of piperidine rings is 1. The van der Waals surface area contributed by atoms with Crippen molar-refractivity contribution in [1.82, 2.24) is 9.03 Å². The molecule has 0 radical (unpaired) electrons. The Morgan fingerprint density at radius 1 is 1.09 bits per heavy atom. The topological polar surface area (TPSA) is 83.6 Å². The molecule has 0 amide bonds. The van der Waals surface area contributed by atoms with Crippen molar-refractivity contribution in [2.75, 3.05) is 19.3 Å². The first-order chi connectivity index (χ1) is 10.1. The van der Waals surface area contributed by atoms with E-state index in [2.05, 4.69) is 4.72 Å². The van der Waals surface area contributed by atoms with E-state index < -0.39 is 20.0 Å². The fraction of sp³-hybridized carbons (Fsp3) is 0.571. The number of rotatable bonds is 4. The molecule has 1 fully saturated rings. The van der Waals surface area contributed by atoms with Crippen molar-refractivity contribution in [3.8, 4) is 0 Å². The summed E-state index contributed by atoms with van der Waals surface area (Å²) in [6, 6.07) is 5.08. The van der Waals surface area contributed by atoms with Crippen LogP contribution in [0.25, 0.3) is 0 Å². The largest absolute Gasteiger partial charge is 0.241 e. The van der Waals surface area contributed by atoms with E-state index >= 15 is 0 Å². The van der Waals surface area contributed by atoms with Crippen LogP contribution in [0.2, 0.25) is 0 Å². The van der Waals surface area contributed by atoms with Gasteiger partial charge >= 0.3 is 0 Å². The van der Waals surface area contributed by atoms with Gasteiger partial charge in [0.1, 0.15) is 0 Å². The van der Waals surface area contributed by atoms with E-state index in [0.29, 0.717) is 31.5 Å². The second-order valence-corrected chi connectivity index (χ2v) is 9.49. The van der Waals surface area contributed by atoms with E-state index in [9.17, 15) is 16.8 Å². The van der Waals surface area contributed by atoms with Crippen LogP contribution in [0.1, 0.15) is 24.0 Å². The molecule has 0 spiro atoms. The molecule has 6 nitrogen and oxygen atoms in total. The minimum absolute atomic E-state index is 0.233. The molecule has 1 saturated heterocycles. The molecule has 0 aliphatic carbocycles. The van der Waals surface area contributed by atoms with Gasteiger partial charge in [-0.3, -0.25) is 0 Å². The van der Waals surface area contributed by atoms with Crippen molar-refractivity contribution < 1.29 is 16.8 Å². The van der Waals surface area contributed by atoms with Crippen molar-refractivity contribution in [2.24, 2.45) is 0 Å². The molecule has 0 saturated carbocycles. The average molecular weight is 346 g/mol. The summed E-state index contributed by atoms with van der Waals surface area (Å²) in [7, 11) is -6.79. The van der Waals surface area contributed by atoms with Crippen LogP contribution < -0.4 is 4.72 Å². The second-order valence-electron chi connectivity index (χ2n) is 5.83. The molecule has 1 N–H and O–H groups in total. The lowest BCUT2D eigenvalue weighted by Crippen LogP contribution is -2.46. The Morgan fingerprint density at radius 2 is 1.68 bits per heavy atom. The quantitative estimate of drug-likeness (QED) is 0.882. The maximum atomic E-state index is 12.5. The first kappa shape index (κ1) is 17.4. The third kappa shape index (κ3) is 4.07. The molecular weight excluding hydrogens is 324 g/mol. The number of nitrogens with one attached hydrogen (secondary N) is 1. The van der Waals surface area contributed by atoms with E-state index in [4.69, 9.17) is 0 Å². The Hall–Kier alpha value is -0.960. The minimum atomic E-state index is -3.58. The molecule has 1 aliphatic heterocycles. The number of sulfonamides is 2. The standard InChI is InChI=1S/C14H22N2O4S2/c1-11-4-5-12(2)14(10-11)22(19,20)15-13-6-8-16(9-7-13)21(3,17)18/h4-5,10,13,15H,6-9H2,1-3H3. The highest BCUT2D eigenvalue weighted by Gasteiger charge is 2.28. The normalized spacial score (nSPS) is 18.5. The van der Waals surface area contributed by atoms with E-state index in [0.717, 1.165) is 5.56 Å². The lowest BCUT2D eigenvalue weighted by Gasteiger charge is -2.30. The molecule has 124 valence electrons. The van der Waals surface area contributed by atoms with Gasteiger partial charge in [-0.1, -0.05) is 12.1 Å². The Labute approximate surface area is 132 Å². The van der Waals surface area contributed by atoms with Gasteiger partial charge in [-0.2, -0.15) is 0 Å². The van der Waals surface area contributed by atoms with Gasteiger partial charge in [-0.15, -0.1) is 0 Å². The summed E-state index contributed by atoms with van der Waals surface area (Å²) in [5, 5.41) is 0. The summed E-state index contributed by atoms with van der Waals surface area (Å²) >= 11 is 0. The van der Waals surface area contributed by atoms with E-state index in [1.807, 2.05) is 13.0 Å². The molecule has 0 bridgehead atoms. The molecule has 1 heterocycles. The van der Waals surface area contributed by atoms with Crippen LogP contribution in [-0.4, -0.2) is 46.5 Å². The van der Waals surface area contributed by atoms with Crippen LogP contribution in [0.15, 0.2) is 23.1 Å². The van der Waals surface area contributed by atoms with Crippen LogP contribution >= 0.6 is 0 Å². The Balaban J connectivity index is 2.10. The summed E-state index contributed by atoms with van der Waals surface area (Å²) < 4.78 is 52.0. The molecule has 0 aromatic heterocycles. The molecule has 0 unspecified atom stereocenters. The lowest BCUT2D eigenvalue weighted by atomic mass is 10.1. The molecule has 22 heavy (non-hydrogen) atoms. The van der Waals surface area contributed by atoms with Crippen LogP contribution in [0.3, 0.4) is 0 Å². The molecule has 1 aliphatic rings. The maximum absolute atomic E-state index is 12.5. The van der Waals surface area contributed by atoms with Gasteiger partial charge < -0.3 is 0 Å². The molecule has 1 aromatic carbocycles. The Morgan fingerprint density at radius 3 is 2.23 bits per heavy atom. The Kier molecular flexibility index (Phi) is 4.96. The summed E-state index contributed by atoms with van der Waals surface area (Å²) in [5.41, 5.74) is 1.59. The highest BCUT2D eigenvalue weighted by Crippen LogP contribution is 2.20. The monoisotopic (exact) mass is 346 g/mol. The fourth-order valence-corrected chi connectivity index (χ4v) is 5.09. The van der Waals surface area contributed by atoms with Crippen molar-refractivity contribution in [1.29, 1.82) is 0 Å². The molecule has 1 aromatic rings. The first-order valence-corrected chi connectivity index (χ1v) is 10.5. The zero-order valence-electron chi connectivity index (χ0n) is 13.0. The van der Waals surface area contributed by atoms with Crippen molar-refractivity contribution in [3.05, 3.63) is 29.3 Å². The average Bonchev–Trinajstić information content (AvgIpc) is 2.40. The van der Waals surface area contributed by atoms with E-state index in [1.54, 1.807) is 19.1 Å². The fourth-order valence-electron chi connectivity index (χ4n) is 2.59. The highest BCUT2D eigenvalue weighted by atomic mass is 32.2. The van der Waals surface area contributed by atoms with Gasteiger partial charge in [0.25, 0.3) is 0 Å². The third-order valence-corrected chi connectivity index (χ3v) is 6.84. The molecule has 2 rings (SSSR count). The number of hydrogen-bond donors (Lipinski definition) is 1. The predicted octanol–water partition coefficient (Wildman–Crippen LogP) is 1.01. The molecular formula is C14H22N2O4S2. The molecule has 0 atom stereocenters. The van der Waals surface area contributed by atoms with Gasteiger partial charge in [0.15, 0.2) is 0 Å². The zero-order chi connectivity index (χ0) is 16.5. The zero-order valence-corrected chi connectivity index (χ0v) is 14.7. The molecule has 8 heteroatoms. The SMILES string of the molecule is Cc1ccc(C)c(S(=O)(=O)NC2CCN(S(C)(=O)=O)CC2)c1. The van der Waals surface area contributed by atoms with Crippen LogP contribution in [0.5, 0.6) is 0 Å². The first-order valence-electron chi connectivity index (χ1n) is 7.14. The van der Waals surface area contributed by atoms with Gasteiger partial charge in [-0.25, -0.2) is 25.9 Å². The number of nitrogens with zero attached hydrogens (tertiary/aromatic N) is 1. The second kappa shape index (κ2) is 6.27. The van der Waals surface area contributed by atoms with Gasteiger partial charge in [0.05, 0.1) is 11.2 Å².